The minimum Gasteiger partial charge on any atom is -0.394 e. The highest BCUT2D eigenvalue weighted by Gasteiger charge is 2.52. The van der Waals surface area contributed by atoms with Crippen LogP contribution in [0.4, 0.5) is 26.3 Å². The van der Waals surface area contributed by atoms with Gasteiger partial charge in [0.25, 0.3) is 0 Å². The number of aliphatic hydroxyl groups is 4. The first-order valence-electron chi connectivity index (χ1n) is 13.7. The smallest absolute Gasteiger partial charge is 0.394 e. The second kappa shape index (κ2) is 22.5. The molecule has 0 radical (unpaired) electrons. The van der Waals surface area contributed by atoms with Crippen molar-refractivity contribution in [3.8, 4) is 0 Å². The summed E-state index contributed by atoms with van der Waals surface area (Å²) in [4.78, 5) is 2.13. The molecule has 14 nitrogen and oxygen atoms in total. The zero-order valence-corrected chi connectivity index (χ0v) is 24.1. The second-order valence-corrected chi connectivity index (χ2v) is 9.41. The monoisotopic (exact) mass is 667 g/mol. The second-order valence-electron chi connectivity index (χ2n) is 9.41. The van der Waals surface area contributed by atoms with Crippen LogP contribution in [0, 0.1) is 0 Å². The molecule has 1 aliphatic heterocycles. The van der Waals surface area contributed by atoms with Crippen LogP contribution in [0.5, 0.6) is 0 Å². The van der Waals surface area contributed by atoms with Gasteiger partial charge in [-0.05, 0) is 0 Å². The van der Waals surface area contributed by atoms with Gasteiger partial charge in [-0.15, -0.1) is 8.78 Å². The Labute approximate surface area is 250 Å². The van der Waals surface area contributed by atoms with Gasteiger partial charge in [0.05, 0.1) is 85.9 Å². The fraction of sp³-hybridized carbons (Fsp3) is 1.00. The molecule has 3 atom stereocenters. The number of rotatable bonds is 28. The summed E-state index contributed by atoms with van der Waals surface area (Å²) in [5.41, 5.74) is 0. The molecule has 0 saturated carbocycles. The summed E-state index contributed by atoms with van der Waals surface area (Å²) in [6, 6.07) is 0. The van der Waals surface area contributed by atoms with Crippen molar-refractivity contribution in [2.45, 2.75) is 36.8 Å². The Morgan fingerprint density at radius 3 is 1.57 bits per heavy atom. The van der Waals surface area contributed by atoms with Crippen molar-refractivity contribution in [3.05, 3.63) is 0 Å². The van der Waals surface area contributed by atoms with E-state index in [4.69, 9.17) is 28.8 Å². The number of ether oxygens (including phenoxy) is 9. The standard InChI is InChI=1S/C24H43F6NO13/c25-22(26,17-40-10-9-39-13-19(33)11-37-7-3-31-1-5-36-6-2-31)43-24(29,30)44-23(27,28)18-42-16-21(35)15-41-14-20(34)12-38-8-4-32/h19-21,32-35H,1-18H2. The van der Waals surface area contributed by atoms with Crippen molar-refractivity contribution in [2.24, 2.45) is 0 Å². The van der Waals surface area contributed by atoms with E-state index in [1.165, 1.54) is 0 Å². The lowest BCUT2D eigenvalue weighted by Crippen LogP contribution is -2.44. The Hall–Kier alpha value is -0.980. The lowest BCUT2D eigenvalue weighted by molar-refractivity contribution is -0.518. The molecule has 0 bridgehead atoms. The lowest BCUT2D eigenvalue weighted by atomic mass is 10.4. The van der Waals surface area contributed by atoms with Crippen LogP contribution < -0.4 is 0 Å². The van der Waals surface area contributed by atoms with Gasteiger partial charge in [0.2, 0.25) is 0 Å². The SMILES string of the molecule is OCCOCC(O)COCC(O)COCC(F)(F)OC(F)(F)OC(F)(F)COCCOCC(O)COCCN1CCOCC1. The topological polar surface area (TPSA) is 167 Å². The first-order valence-corrected chi connectivity index (χ1v) is 13.7. The predicted octanol–water partition coefficient (Wildman–Crippen LogP) is -0.738. The normalized spacial score (nSPS) is 17.6. The largest absolute Gasteiger partial charge is 0.495 e. The van der Waals surface area contributed by atoms with E-state index in [2.05, 4.69) is 23.8 Å². The molecular formula is C24H43F6NO13. The number of hydrogen-bond donors (Lipinski definition) is 4. The fourth-order valence-corrected chi connectivity index (χ4v) is 3.28. The van der Waals surface area contributed by atoms with Crippen molar-refractivity contribution >= 4 is 0 Å². The Kier molecular flexibility index (Phi) is 21.0. The summed E-state index contributed by atoms with van der Waals surface area (Å²) in [6.45, 7) is -2.90. The van der Waals surface area contributed by atoms with Gasteiger partial charge < -0.3 is 53.6 Å². The molecule has 264 valence electrons. The van der Waals surface area contributed by atoms with Crippen molar-refractivity contribution in [3.63, 3.8) is 0 Å². The van der Waals surface area contributed by atoms with E-state index in [1.807, 2.05) is 0 Å². The maximum Gasteiger partial charge on any atom is 0.495 e. The molecule has 0 amide bonds. The highest BCUT2D eigenvalue weighted by Crippen LogP contribution is 2.33. The average molecular weight is 668 g/mol. The summed E-state index contributed by atoms with van der Waals surface area (Å²) >= 11 is 0. The van der Waals surface area contributed by atoms with Crippen molar-refractivity contribution in [1.82, 2.24) is 4.90 Å². The maximum atomic E-state index is 13.7. The number of hydrogen-bond acceptors (Lipinski definition) is 14. The number of morpholine rings is 1. The molecule has 0 aromatic heterocycles. The van der Waals surface area contributed by atoms with Crippen LogP contribution in [0.25, 0.3) is 0 Å². The zero-order valence-electron chi connectivity index (χ0n) is 24.1. The molecule has 1 fully saturated rings. The fourth-order valence-electron chi connectivity index (χ4n) is 3.28. The Balaban J connectivity index is 2.15. The van der Waals surface area contributed by atoms with E-state index < -0.39 is 69.9 Å². The Morgan fingerprint density at radius 2 is 1.02 bits per heavy atom. The third-order valence-corrected chi connectivity index (χ3v) is 5.20. The van der Waals surface area contributed by atoms with Crippen LogP contribution in [0.15, 0.2) is 0 Å². The highest BCUT2D eigenvalue weighted by molar-refractivity contribution is 4.62. The Morgan fingerprint density at radius 1 is 0.591 bits per heavy atom. The van der Waals surface area contributed by atoms with Gasteiger partial charge in [0.15, 0.2) is 0 Å². The van der Waals surface area contributed by atoms with E-state index in [-0.39, 0.29) is 46.2 Å². The van der Waals surface area contributed by atoms with Crippen molar-refractivity contribution in [2.75, 3.05) is 119 Å². The summed E-state index contributed by atoms with van der Waals surface area (Å²) in [5, 5.41) is 37.4. The maximum absolute atomic E-state index is 13.7. The summed E-state index contributed by atoms with van der Waals surface area (Å²) in [6.07, 6.45) is -18.6. The van der Waals surface area contributed by atoms with Crippen LogP contribution in [0.1, 0.15) is 0 Å². The van der Waals surface area contributed by atoms with Crippen LogP contribution in [0.3, 0.4) is 0 Å². The van der Waals surface area contributed by atoms with Gasteiger partial charge in [-0.25, -0.2) is 9.47 Å². The molecule has 3 unspecified atom stereocenters. The van der Waals surface area contributed by atoms with E-state index in [9.17, 15) is 41.7 Å². The average Bonchev–Trinajstić information content (AvgIpc) is 2.92. The molecule has 4 N–H and O–H groups in total. The third-order valence-electron chi connectivity index (χ3n) is 5.20. The number of alkyl halides is 6. The first-order chi connectivity index (χ1) is 20.7. The summed E-state index contributed by atoms with van der Waals surface area (Å²) < 4.78 is 122. The van der Waals surface area contributed by atoms with E-state index in [0.29, 0.717) is 26.4 Å². The minimum atomic E-state index is -5.46. The highest BCUT2D eigenvalue weighted by atomic mass is 19.3. The van der Waals surface area contributed by atoms with Crippen LogP contribution in [-0.2, 0) is 42.6 Å². The molecule has 0 aliphatic carbocycles. The molecule has 1 rings (SSSR count). The van der Waals surface area contributed by atoms with Gasteiger partial charge >= 0.3 is 18.5 Å². The van der Waals surface area contributed by atoms with Gasteiger partial charge in [0.1, 0.15) is 31.5 Å². The zero-order chi connectivity index (χ0) is 32.9. The van der Waals surface area contributed by atoms with E-state index >= 15 is 0 Å². The molecule has 0 spiro atoms. The molecule has 1 heterocycles. The van der Waals surface area contributed by atoms with Gasteiger partial charge in [-0.2, -0.15) is 17.6 Å². The molecule has 20 heteroatoms. The minimum absolute atomic E-state index is 0.0186. The van der Waals surface area contributed by atoms with Crippen molar-refractivity contribution in [1.29, 1.82) is 0 Å². The van der Waals surface area contributed by atoms with Gasteiger partial charge in [0, 0.05) is 19.6 Å². The Bertz CT molecular complexity index is 714. The number of aliphatic hydroxyl groups excluding tert-OH is 4. The first kappa shape index (κ1) is 41.0. The quantitative estimate of drug-likeness (QED) is 0.0468. The lowest BCUT2D eigenvalue weighted by Gasteiger charge is -2.26. The molecule has 0 aromatic rings. The summed E-state index contributed by atoms with van der Waals surface area (Å²) in [5.74, 6) is 0. The summed E-state index contributed by atoms with van der Waals surface area (Å²) in [7, 11) is 0. The van der Waals surface area contributed by atoms with Crippen LogP contribution >= 0.6 is 0 Å². The van der Waals surface area contributed by atoms with Crippen LogP contribution in [0.2, 0.25) is 0 Å². The molecule has 0 aromatic carbocycles. The predicted molar refractivity (Wildman–Crippen MR) is 134 cm³/mol. The third kappa shape index (κ3) is 22.5. The number of nitrogens with zero attached hydrogens (tertiary/aromatic N) is 1. The van der Waals surface area contributed by atoms with Crippen molar-refractivity contribution < 1.29 is 89.4 Å². The molecule has 1 aliphatic rings. The number of halogens is 6. The molecule has 1 saturated heterocycles. The van der Waals surface area contributed by atoms with Gasteiger partial charge in [-0.3, -0.25) is 4.90 Å². The molecule has 44 heavy (non-hydrogen) atoms. The van der Waals surface area contributed by atoms with Gasteiger partial charge in [-0.1, -0.05) is 0 Å². The van der Waals surface area contributed by atoms with Crippen LogP contribution in [-0.4, -0.2) is 181 Å². The molecular weight excluding hydrogens is 624 g/mol. The van der Waals surface area contributed by atoms with E-state index in [0.717, 1.165) is 13.1 Å². The van der Waals surface area contributed by atoms with E-state index in [1.54, 1.807) is 0 Å².